The summed E-state index contributed by atoms with van der Waals surface area (Å²) in [6, 6.07) is 1.37. The van der Waals surface area contributed by atoms with Crippen molar-refractivity contribution in [1.29, 1.82) is 0 Å². The molecule has 0 bridgehead atoms. The number of nitrogens with zero attached hydrogens (tertiary/aromatic N) is 1. The number of halogens is 2. The smallest absolute Gasteiger partial charge is 0.306 e. The minimum absolute atomic E-state index is 0.00102. The van der Waals surface area contributed by atoms with Crippen LogP contribution in [0.4, 0.5) is 0 Å². The maximum Gasteiger partial charge on any atom is 0.306 e. The molecule has 5 nitrogen and oxygen atoms in total. The lowest BCUT2D eigenvalue weighted by atomic mass is 10.0. The molecule has 1 aromatic rings. The molecular weight excluding hydrogens is 257 g/mol. The summed E-state index contributed by atoms with van der Waals surface area (Å²) in [5.74, 6) is -1.22. The molecule has 2 atom stereocenters. The molecule has 88 valence electrons. The Morgan fingerprint density at radius 2 is 2.06 bits per heavy atom. The van der Waals surface area contributed by atoms with Crippen molar-refractivity contribution < 1.29 is 20.1 Å². The van der Waals surface area contributed by atoms with Crippen molar-refractivity contribution in [3.8, 4) is 0 Å². The third-order valence-corrected chi connectivity index (χ3v) is 2.72. The zero-order valence-electron chi connectivity index (χ0n) is 7.97. The van der Waals surface area contributed by atoms with Crippen molar-refractivity contribution in [3.63, 3.8) is 0 Å². The fourth-order valence-corrected chi connectivity index (χ4v) is 1.55. The number of aromatic nitrogens is 1. The first kappa shape index (κ1) is 13.2. The predicted octanol–water partition coefficient (Wildman–Crippen LogP) is 1.26. The molecule has 0 spiro atoms. The van der Waals surface area contributed by atoms with Crippen LogP contribution < -0.4 is 0 Å². The van der Waals surface area contributed by atoms with Crippen molar-refractivity contribution in [3.05, 3.63) is 28.0 Å². The quantitative estimate of drug-likeness (QED) is 0.713. The molecule has 2 unspecified atom stereocenters. The van der Waals surface area contributed by atoms with E-state index < -0.39 is 24.6 Å². The van der Waals surface area contributed by atoms with Crippen LogP contribution in [-0.2, 0) is 4.79 Å². The summed E-state index contributed by atoms with van der Waals surface area (Å²) in [5, 5.41) is 27.5. The summed E-state index contributed by atoms with van der Waals surface area (Å²) in [6.07, 6.45) is -2.14. The number of aliphatic hydroxyl groups is 2. The molecule has 1 heterocycles. The third-order valence-electron chi connectivity index (χ3n) is 1.94. The van der Waals surface area contributed by atoms with Gasteiger partial charge in [-0.1, -0.05) is 23.2 Å². The Balaban J connectivity index is 2.91. The molecular formula is C9H9Cl2NO4. The van der Waals surface area contributed by atoms with Crippen LogP contribution in [0.25, 0.3) is 0 Å². The fraction of sp³-hybridized carbons (Fsp3) is 0.333. The average Bonchev–Trinajstić information content (AvgIpc) is 2.20. The van der Waals surface area contributed by atoms with Crippen molar-refractivity contribution in [1.82, 2.24) is 4.98 Å². The minimum Gasteiger partial charge on any atom is -0.481 e. The van der Waals surface area contributed by atoms with Crippen LogP contribution in [-0.4, -0.2) is 32.4 Å². The van der Waals surface area contributed by atoms with E-state index in [0.717, 1.165) is 0 Å². The van der Waals surface area contributed by atoms with Gasteiger partial charge in [0, 0.05) is 11.8 Å². The summed E-state index contributed by atoms with van der Waals surface area (Å²) in [6.45, 7) is 0. The van der Waals surface area contributed by atoms with Gasteiger partial charge in [-0.15, -0.1) is 0 Å². The number of hydrogen-bond acceptors (Lipinski definition) is 4. The minimum atomic E-state index is -1.45. The highest BCUT2D eigenvalue weighted by Gasteiger charge is 2.24. The molecule has 0 aliphatic heterocycles. The van der Waals surface area contributed by atoms with Crippen LogP contribution in [0.5, 0.6) is 0 Å². The molecule has 1 aromatic heterocycles. The van der Waals surface area contributed by atoms with Gasteiger partial charge in [0.15, 0.2) is 0 Å². The number of aliphatic hydroxyl groups excluding tert-OH is 2. The number of pyridine rings is 1. The molecule has 0 radical (unpaired) electrons. The van der Waals surface area contributed by atoms with E-state index in [1.165, 1.54) is 12.3 Å². The lowest BCUT2D eigenvalue weighted by Gasteiger charge is -2.17. The second kappa shape index (κ2) is 5.45. The number of hydrogen-bond donors (Lipinski definition) is 3. The maximum absolute atomic E-state index is 10.4. The summed E-state index contributed by atoms with van der Waals surface area (Å²) >= 11 is 11.4. The third kappa shape index (κ3) is 3.05. The molecule has 0 saturated carbocycles. The monoisotopic (exact) mass is 265 g/mol. The summed E-state index contributed by atoms with van der Waals surface area (Å²) < 4.78 is 0. The van der Waals surface area contributed by atoms with Gasteiger partial charge in [-0.2, -0.15) is 0 Å². The number of carboxylic acid groups (broad SMARTS) is 1. The van der Waals surface area contributed by atoms with Crippen LogP contribution in [0.15, 0.2) is 12.3 Å². The number of carbonyl (C=O) groups is 1. The van der Waals surface area contributed by atoms with Gasteiger partial charge in [0.05, 0.1) is 17.5 Å². The van der Waals surface area contributed by atoms with Crippen LogP contribution in [0.3, 0.4) is 0 Å². The lowest BCUT2D eigenvalue weighted by molar-refractivity contribution is -0.141. The number of carboxylic acids is 1. The molecule has 0 saturated heterocycles. The number of rotatable bonds is 4. The van der Waals surface area contributed by atoms with E-state index in [1.54, 1.807) is 0 Å². The normalized spacial score (nSPS) is 14.5. The van der Waals surface area contributed by atoms with Crippen molar-refractivity contribution in [2.45, 2.75) is 18.6 Å². The van der Waals surface area contributed by atoms with Gasteiger partial charge in [0.2, 0.25) is 0 Å². The largest absolute Gasteiger partial charge is 0.481 e. The summed E-state index contributed by atoms with van der Waals surface area (Å²) in [5.41, 5.74) is 0.149. The van der Waals surface area contributed by atoms with Crippen LogP contribution >= 0.6 is 23.2 Å². The van der Waals surface area contributed by atoms with E-state index in [1.807, 2.05) is 0 Å². The molecule has 3 N–H and O–H groups in total. The van der Waals surface area contributed by atoms with E-state index in [9.17, 15) is 15.0 Å². The van der Waals surface area contributed by atoms with Gasteiger partial charge in [-0.25, -0.2) is 4.98 Å². The van der Waals surface area contributed by atoms with Crippen LogP contribution in [0.1, 0.15) is 18.1 Å². The predicted molar refractivity (Wildman–Crippen MR) is 57.5 cm³/mol. The highest BCUT2D eigenvalue weighted by molar-refractivity contribution is 6.41. The molecule has 1 rings (SSSR count). The summed E-state index contributed by atoms with van der Waals surface area (Å²) in [7, 11) is 0. The zero-order valence-corrected chi connectivity index (χ0v) is 9.48. The molecule has 7 heteroatoms. The van der Waals surface area contributed by atoms with E-state index in [4.69, 9.17) is 28.3 Å². The molecule has 0 aliphatic rings. The van der Waals surface area contributed by atoms with Gasteiger partial charge < -0.3 is 15.3 Å². The van der Waals surface area contributed by atoms with Gasteiger partial charge in [-0.05, 0) is 6.07 Å². The van der Waals surface area contributed by atoms with Crippen LogP contribution in [0, 0.1) is 0 Å². The molecule has 0 amide bonds. The Morgan fingerprint density at radius 3 is 2.62 bits per heavy atom. The van der Waals surface area contributed by atoms with Gasteiger partial charge in [-0.3, -0.25) is 4.79 Å². The van der Waals surface area contributed by atoms with Crippen molar-refractivity contribution in [2.75, 3.05) is 0 Å². The Kier molecular flexibility index (Phi) is 4.49. The van der Waals surface area contributed by atoms with Crippen molar-refractivity contribution in [2.24, 2.45) is 0 Å². The molecule has 0 aliphatic carbocycles. The van der Waals surface area contributed by atoms with E-state index in [-0.39, 0.29) is 15.7 Å². The number of aliphatic carboxylic acids is 1. The van der Waals surface area contributed by atoms with Crippen molar-refractivity contribution >= 4 is 29.2 Å². The SMILES string of the molecule is O=C(O)CC(O)C(O)c1ccnc(Cl)c1Cl. The molecule has 0 aromatic carbocycles. The lowest BCUT2D eigenvalue weighted by Crippen LogP contribution is -2.22. The highest BCUT2D eigenvalue weighted by Crippen LogP contribution is 2.30. The van der Waals surface area contributed by atoms with E-state index >= 15 is 0 Å². The standard InChI is InChI=1S/C9H9Cl2NO4/c10-7-4(1-2-12-9(7)11)8(16)5(13)3-6(14)15/h1-2,5,8,13,16H,3H2,(H,14,15). The first-order valence-corrected chi connectivity index (χ1v) is 5.07. The molecule has 16 heavy (non-hydrogen) atoms. The second-order valence-electron chi connectivity index (χ2n) is 3.12. The molecule has 0 fully saturated rings. The maximum atomic E-state index is 10.4. The summed E-state index contributed by atoms with van der Waals surface area (Å²) in [4.78, 5) is 14.0. The fourth-order valence-electron chi connectivity index (χ4n) is 1.16. The Bertz CT molecular complexity index is 399. The average molecular weight is 266 g/mol. The Morgan fingerprint density at radius 1 is 1.44 bits per heavy atom. The first-order chi connectivity index (χ1) is 7.43. The second-order valence-corrected chi connectivity index (χ2v) is 3.85. The topological polar surface area (TPSA) is 90.7 Å². The van der Waals surface area contributed by atoms with Crippen LogP contribution in [0.2, 0.25) is 10.2 Å². The highest BCUT2D eigenvalue weighted by atomic mass is 35.5. The van der Waals surface area contributed by atoms with E-state index in [0.29, 0.717) is 0 Å². The zero-order chi connectivity index (χ0) is 12.3. The van der Waals surface area contributed by atoms with E-state index in [2.05, 4.69) is 4.98 Å². The van der Waals surface area contributed by atoms with Gasteiger partial charge in [0.1, 0.15) is 11.3 Å². The Hall–Kier alpha value is -0.880. The van der Waals surface area contributed by atoms with Gasteiger partial charge in [0.25, 0.3) is 0 Å². The Labute approximate surface area is 101 Å². The van der Waals surface area contributed by atoms with Gasteiger partial charge >= 0.3 is 5.97 Å². The first-order valence-electron chi connectivity index (χ1n) is 4.31.